The standard InChI is InChI=1S/C32H39N7O3/c1-2-8-20(15-16-40)18-35-26-17-23(21-13-14-21)19-36-28(26)29(33)42-32(34)39-30-31(41)37-25-12-7-6-11-24(25)27(38-30)22-9-4-3-5-10-22/h3-7,9-12,19-21,23,30,33,35,40H,2,8,13-18H2,1H3,(H2,34,39)(H,37,41). The Kier molecular flexibility index (Phi) is 9.43. The third-order valence-electron chi connectivity index (χ3n) is 7.87. The van der Waals surface area contributed by atoms with Crippen LogP contribution in [0.15, 0.2) is 76.0 Å². The lowest BCUT2D eigenvalue weighted by Gasteiger charge is -2.25. The van der Waals surface area contributed by atoms with E-state index in [2.05, 4.69) is 27.9 Å². The average molecular weight is 570 g/mol. The number of amides is 1. The van der Waals surface area contributed by atoms with Gasteiger partial charge in [0, 0.05) is 42.1 Å². The lowest BCUT2D eigenvalue weighted by atomic mass is 9.94. The quantitative estimate of drug-likeness (QED) is 0.175. The van der Waals surface area contributed by atoms with Crippen LogP contribution in [0.5, 0.6) is 0 Å². The van der Waals surface area contributed by atoms with E-state index in [0.717, 1.165) is 36.1 Å². The monoisotopic (exact) mass is 569 g/mol. The molecule has 6 N–H and O–H groups in total. The van der Waals surface area contributed by atoms with E-state index in [1.54, 1.807) is 0 Å². The van der Waals surface area contributed by atoms with Gasteiger partial charge in [-0.3, -0.25) is 20.6 Å². The Labute approximate surface area is 246 Å². The lowest BCUT2D eigenvalue weighted by molar-refractivity contribution is -0.117. The van der Waals surface area contributed by atoms with Gasteiger partial charge in [-0.25, -0.2) is 4.99 Å². The number of aliphatic hydroxyl groups is 1. The number of benzodiazepines with no additional fused rings is 1. The summed E-state index contributed by atoms with van der Waals surface area (Å²) in [4.78, 5) is 22.4. The van der Waals surface area contributed by atoms with Gasteiger partial charge in [-0.1, -0.05) is 61.9 Å². The molecule has 0 radical (unpaired) electrons. The molecule has 2 heterocycles. The van der Waals surface area contributed by atoms with Crippen LogP contribution in [0.4, 0.5) is 5.69 Å². The van der Waals surface area contributed by atoms with Gasteiger partial charge in [0.2, 0.25) is 12.1 Å². The number of carbonyl (C=O) groups excluding carboxylic acids is 1. The molecule has 3 atom stereocenters. The van der Waals surface area contributed by atoms with Crippen LogP contribution >= 0.6 is 0 Å². The number of allylic oxidation sites excluding steroid dienone is 1. The number of amidine groups is 1. The number of aliphatic imine (C=N–C) groups is 2. The van der Waals surface area contributed by atoms with Crippen molar-refractivity contribution in [2.24, 2.45) is 27.7 Å². The van der Waals surface area contributed by atoms with Crippen LogP contribution in [0.25, 0.3) is 0 Å². The first-order valence-electron chi connectivity index (χ1n) is 14.7. The van der Waals surface area contributed by atoms with Crippen LogP contribution in [0.1, 0.15) is 56.6 Å². The van der Waals surface area contributed by atoms with E-state index in [4.69, 9.17) is 20.5 Å². The molecule has 3 unspecified atom stereocenters. The Morgan fingerprint density at radius 1 is 1.12 bits per heavy atom. The van der Waals surface area contributed by atoms with Crippen LogP contribution in [-0.2, 0) is 9.53 Å². The Morgan fingerprint density at radius 2 is 1.88 bits per heavy atom. The fraction of sp³-hybridized carbons (Fsp3) is 0.406. The fourth-order valence-corrected chi connectivity index (χ4v) is 5.49. The van der Waals surface area contributed by atoms with Crippen molar-refractivity contribution >= 4 is 35.4 Å². The topological polar surface area (TPSA) is 155 Å². The number of carbonyl (C=O) groups is 1. The number of fused-ring (bicyclic) bond motifs is 1. The summed E-state index contributed by atoms with van der Waals surface area (Å²) in [7, 11) is 0. The van der Waals surface area contributed by atoms with Crippen LogP contribution in [0.2, 0.25) is 0 Å². The molecule has 0 spiro atoms. The van der Waals surface area contributed by atoms with Gasteiger partial charge >= 0.3 is 0 Å². The molecule has 2 aromatic rings. The highest BCUT2D eigenvalue weighted by Crippen LogP contribution is 2.40. The molecular weight excluding hydrogens is 530 g/mol. The second-order valence-electron chi connectivity index (χ2n) is 11.0. The molecule has 0 bridgehead atoms. The minimum atomic E-state index is -1.15. The van der Waals surface area contributed by atoms with Crippen LogP contribution < -0.4 is 16.0 Å². The maximum atomic E-state index is 13.1. The van der Waals surface area contributed by atoms with E-state index >= 15 is 0 Å². The van der Waals surface area contributed by atoms with Gasteiger partial charge < -0.3 is 25.8 Å². The molecule has 42 heavy (non-hydrogen) atoms. The summed E-state index contributed by atoms with van der Waals surface area (Å²) in [6.07, 6.45) is 6.57. The van der Waals surface area contributed by atoms with Crippen LogP contribution in [0.3, 0.4) is 0 Å². The second-order valence-corrected chi connectivity index (χ2v) is 11.0. The molecule has 3 aliphatic rings. The predicted octanol–water partition coefficient (Wildman–Crippen LogP) is 4.42. The lowest BCUT2D eigenvalue weighted by Crippen LogP contribution is -2.43. The predicted molar refractivity (Wildman–Crippen MR) is 165 cm³/mol. The molecule has 10 heteroatoms. The molecule has 0 aromatic heterocycles. The van der Waals surface area contributed by atoms with Crippen molar-refractivity contribution in [1.82, 2.24) is 10.6 Å². The highest BCUT2D eigenvalue weighted by Gasteiger charge is 2.34. The number of anilines is 1. The van der Waals surface area contributed by atoms with E-state index in [1.165, 1.54) is 12.8 Å². The molecule has 1 aliphatic carbocycles. The highest BCUT2D eigenvalue weighted by molar-refractivity contribution is 6.19. The van der Waals surface area contributed by atoms with Crippen molar-refractivity contribution in [3.63, 3.8) is 0 Å². The molecule has 10 nitrogen and oxygen atoms in total. The largest absolute Gasteiger partial charge is 0.405 e. The third-order valence-corrected chi connectivity index (χ3v) is 7.87. The number of para-hydroxylation sites is 1. The summed E-state index contributed by atoms with van der Waals surface area (Å²) in [6.45, 7) is 2.94. The molecule has 0 saturated heterocycles. The maximum Gasteiger partial charge on any atom is 0.290 e. The van der Waals surface area contributed by atoms with Crippen molar-refractivity contribution < 1.29 is 14.6 Å². The number of benzene rings is 2. The summed E-state index contributed by atoms with van der Waals surface area (Å²) < 4.78 is 5.60. The van der Waals surface area contributed by atoms with Gasteiger partial charge in [0.25, 0.3) is 11.9 Å². The van der Waals surface area contributed by atoms with Gasteiger partial charge in [0.1, 0.15) is 5.70 Å². The summed E-state index contributed by atoms with van der Waals surface area (Å²) in [5, 5.41) is 35.8. The normalized spacial score (nSPS) is 20.5. The number of nitrogens with zero attached hydrogens (tertiary/aromatic N) is 2. The number of ether oxygens (including phenoxy) is 1. The first-order valence-corrected chi connectivity index (χ1v) is 14.7. The summed E-state index contributed by atoms with van der Waals surface area (Å²) >= 11 is 0. The zero-order valence-electron chi connectivity index (χ0n) is 23.9. The average Bonchev–Trinajstić information content (AvgIpc) is 3.85. The summed E-state index contributed by atoms with van der Waals surface area (Å²) in [5.74, 6) is 0.512. The van der Waals surface area contributed by atoms with Crippen LogP contribution in [-0.4, -0.2) is 54.2 Å². The van der Waals surface area contributed by atoms with Gasteiger partial charge in [-0.05, 0) is 50.0 Å². The fourth-order valence-electron chi connectivity index (χ4n) is 5.49. The van der Waals surface area contributed by atoms with Gasteiger partial charge in [0.15, 0.2) is 0 Å². The molecule has 2 aromatic carbocycles. The van der Waals surface area contributed by atoms with Crippen molar-refractivity contribution in [3.8, 4) is 0 Å². The summed E-state index contributed by atoms with van der Waals surface area (Å²) in [6, 6.07) is 16.5. The Morgan fingerprint density at radius 3 is 2.62 bits per heavy atom. The Balaban J connectivity index is 1.32. The summed E-state index contributed by atoms with van der Waals surface area (Å²) in [5.41, 5.74) is 4.00. The first kappa shape index (κ1) is 29.2. The molecule has 220 valence electrons. The number of hydrogen-bond acceptors (Lipinski definition) is 8. The highest BCUT2D eigenvalue weighted by atomic mass is 16.5. The van der Waals surface area contributed by atoms with Crippen LogP contribution in [0, 0.1) is 28.6 Å². The number of hydrogen-bond donors (Lipinski definition) is 6. The minimum Gasteiger partial charge on any atom is -0.405 e. The molecular formula is C32H39N7O3. The Hall–Kier alpha value is -4.31. The van der Waals surface area contributed by atoms with Gasteiger partial charge in [0.05, 0.1) is 11.4 Å². The van der Waals surface area contributed by atoms with Crippen molar-refractivity contribution in [2.75, 3.05) is 18.5 Å². The van der Waals surface area contributed by atoms with Gasteiger partial charge in [-0.2, -0.15) is 0 Å². The van der Waals surface area contributed by atoms with E-state index in [9.17, 15) is 9.90 Å². The van der Waals surface area contributed by atoms with Crippen molar-refractivity contribution in [2.45, 2.75) is 51.6 Å². The molecule has 1 saturated carbocycles. The third kappa shape index (κ3) is 7.12. The number of nitrogens with one attached hydrogen (secondary N) is 5. The SMILES string of the molecule is CCCC(CCO)CNC1=C(C(=N)OC(=N)NC2N=C(c3ccccc3)c3ccccc3NC2=O)N=CC(C2CC2)C1. The maximum absolute atomic E-state index is 13.1. The minimum absolute atomic E-state index is 0.136. The molecule has 1 amide bonds. The number of rotatable bonds is 11. The Bertz CT molecular complexity index is 1390. The zero-order chi connectivity index (χ0) is 29.5. The first-order chi connectivity index (χ1) is 20.5. The van der Waals surface area contributed by atoms with E-state index < -0.39 is 18.1 Å². The molecule has 1 fully saturated rings. The smallest absolute Gasteiger partial charge is 0.290 e. The van der Waals surface area contributed by atoms with E-state index in [1.807, 2.05) is 60.8 Å². The molecule has 2 aliphatic heterocycles. The van der Waals surface area contributed by atoms with E-state index in [-0.39, 0.29) is 12.5 Å². The molecule has 5 rings (SSSR count). The zero-order valence-corrected chi connectivity index (χ0v) is 23.9. The van der Waals surface area contributed by atoms with Crippen molar-refractivity contribution in [1.29, 1.82) is 10.8 Å². The van der Waals surface area contributed by atoms with Crippen molar-refractivity contribution in [3.05, 3.63) is 77.1 Å². The van der Waals surface area contributed by atoms with Gasteiger partial charge in [-0.15, -0.1) is 0 Å². The van der Waals surface area contributed by atoms with E-state index in [0.29, 0.717) is 47.8 Å². The number of aliphatic hydroxyl groups excluding tert-OH is 1. The second kappa shape index (κ2) is 13.6.